The van der Waals surface area contributed by atoms with Gasteiger partial charge in [0.15, 0.2) is 0 Å². The molecule has 1 aromatic heterocycles. The number of hydrogen-bond donors (Lipinski definition) is 2. The van der Waals surface area contributed by atoms with Gasteiger partial charge in [0.2, 0.25) is 17.8 Å². The van der Waals surface area contributed by atoms with Gasteiger partial charge in [-0.15, -0.1) is 0 Å². The van der Waals surface area contributed by atoms with Gasteiger partial charge < -0.3 is 16.0 Å². The second kappa shape index (κ2) is 6.53. The van der Waals surface area contributed by atoms with Crippen molar-refractivity contribution < 1.29 is 4.39 Å². The Morgan fingerprint density at radius 2 is 1.95 bits per heavy atom. The van der Waals surface area contributed by atoms with Crippen molar-refractivity contribution in [2.45, 2.75) is 13.8 Å². The number of aromatic nitrogens is 3. The van der Waals surface area contributed by atoms with Crippen LogP contribution in [0.25, 0.3) is 0 Å². The summed E-state index contributed by atoms with van der Waals surface area (Å²) in [5.41, 5.74) is 6.17. The molecular weight excluding hydrogens is 295 g/mol. The summed E-state index contributed by atoms with van der Waals surface area (Å²) in [5, 5.41) is 2.94. The summed E-state index contributed by atoms with van der Waals surface area (Å²) < 4.78 is 13.4. The summed E-state index contributed by atoms with van der Waals surface area (Å²) >= 11 is 5.64. The van der Waals surface area contributed by atoms with Gasteiger partial charge in [-0.1, -0.05) is 11.6 Å². The maximum atomic E-state index is 13.4. The maximum Gasteiger partial charge on any atom is 0.233 e. The van der Waals surface area contributed by atoms with Crippen LogP contribution in [0.5, 0.6) is 0 Å². The second-order valence-corrected chi connectivity index (χ2v) is 4.65. The van der Waals surface area contributed by atoms with Gasteiger partial charge in [0.1, 0.15) is 5.82 Å². The van der Waals surface area contributed by atoms with E-state index in [-0.39, 0.29) is 16.9 Å². The Labute approximate surface area is 127 Å². The molecule has 0 saturated carbocycles. The van der Waals surface area contributed by atoms with Crippen molar-refractivity contribution in [2.24, 2.45) is 0 Å². The molecule has 21 heavy (non-hydrogen) atoms. The highest BCUT2D eigenvalue weighted by atomic mass is 35.5. The first-order chi connectivity index (χ1) is 10.0. The highest BCUT2D eigenvalue weighted by molar-refractivity contribution is 6.30. The molecule has 0 aliphatic rings. The van der Waals surface area contributed by atoms with Gasteiger partial charge in [-0.3, -0.25) is 0 Å². The molecule has 0 atom stereocenters. The summed E-state index contributed by atoms with van der Waals surface area (Å²) in [5.74, 6) is 0.312. The standard InChI is InChI=1S/C13H16ClFN6/c1-3-21(4-2)13-19-11(16)18-12(20-13)17-8-5-6-9(14)10(15)7-8/h5-7H,3-4H2,1-2H3,(H3,16,17,18,19,20). The maximum absolute atomic E-state index is 13.4. The summed E-state index contributed by atoms with van der Waals surface area (Å²) in [4.78, 5) is 14.3. The molecule has 0 spiro atoms. The monoisotopic (exact) mass is 310 g/mol. The molecular formula is C13H16ClFN6. The number of halogens is 2. The van der Waals surface area contributed by atoms with E-state index in [1.807, 2.05) is 18.7 Å². The molecule has 1 aromatic carbocycles. The van der Waals surface area contributed by atoms with Crippen LogP contribution < -0.4 is 16.0 Å². The number of benzene rings is 1. The molecule has 112 valence electrons. The van der Waals surface area contributed by atoms with E-state index in [0.717, 1.165) is 13.1 Å². The van der Waals surface area contributed by atoms with Crippen LogP contribution in [0, 0.1) is 5.82 Å². The number of anilines is 4. The van der Waals surface area contributed by atoms with E-state index in [1.165, 1.54) is 12.1 Å². The number of rotatable bonds is 5. The van der Waals surface area contributed by atoms with Crippen molar-refractivity contribution in [3.8, 4) is 0 Å². The summed E-state index contributed by atoms with van der Waals surface area (Å²) in [7, 11) is 0. The van der Waals surface area contributed by atoms with Crippen LogP contribution in [0.4, 0.5) is 27.9 Å². The molecule has 2 aromatic rings. The van der Waals surface area contributed by atoms with Crippen LogP contribution in [0.3, 0.4) is 0 Å². The molecule has 0 radical (unpaired) electrons. The third-order valence-corrected chi connectivity index (χ3v) is 3.17. The topological polar surface area (TPSA) is 80.0 Å². The van der Waals surface area contributed by atoms with Gasteiger partial charge >= 0.3 is 0 Å². The van der Waals surface area contributed by atoms with Crippen molar-refractivity contribution in [1.82, 2.24) is 15.0 Å². The first kappa shape index (κ1) is 15.2. The number of hydrogen-bond acceptors (Lipinski definition) is 6. The van der Waals surface area contributed by atoms with Crippen molar-refractivity contribution in [2.75, 3.05) is 29.0 Å². The van der Waals surface area contributed by atoms with E-state index in [0.29, 0.717) is 11.6 Å². The smallest absolute Gasteiger partial charge is 0.233 e. The van der Waals surface area contributed by atoms with Crippen LogP contribution >= 0.6 is 11.6 Å². The Kier molecular flexibility index (Phi) is 4.74. The first-order valence-electron chi connectivity index (χ1n) is 6.52. The molecule has 0 amide bonds. The lowest BCUT2D eigenvalue weighted by Gasteiger charge is -2.19. The molecule has 0 aliphatic heterocycles. The predicted octanol–water partition coefficient (Wildman–Crippen LogP) is 2.84. The molecule has 2 rings (SSSR count). The zero-order valence-corrected chi connectivity index (χ0v) is 12.5. The Bertz CT molecular complexity index is 632. The second-order valence-electron chi connectivity index (χ2n) is 4.24. The van der Waals surface area contributed by atoms with Crippen molar-refractivity contribution in [3.05, 3.63) is 29.0 Å². The highest BCUT2D eigenvalue weighted by Gasteiger charge is 2.10. The van der Waals surface area contributed by atoms with E-state index in [2.05, 4.69) is 20.3 Å². The lowest BCUT2D eigenvalue weighted by atomic mass is 10.3. The Balaban J connectivity index is 2.29. The van der Waals surface area contributed by atoms with Gasteiger partial charge in [-0.05, 0) is 32.0 Å². The largest absolute Gasteiger partial charge is 0.368 e. The minimum absolute atomic E-state index is 0.0551. The van der Waals surface area contributed by atoms with Gasteiger partial charge in [0.25, 0.3) is 0 Å². The lowest BCUT2D eigenvalue weighted by Crippen LogP contribution is -2.25. The fourth-order valence-electron chi connectivity index (χ4n) is 1.79. The molecule has 0 bridgehead atoms. The van der Waals surface area contributed by atoms with E-state index >= 15 is 0 Å². The molecule has 6 nitrogen and oxygen atoms in total. The fraction of sp³-hybridized carbons (Fsp3) is 0.308. The SMILES string of the molecule is CCN(CC)c1nc(N)nc(Nc2ccc(Cl)c(F)c2)n1. The zero-order chi connectivity index (χ0) is 15.4. The Morgan fingerprint density at radius 3 is 2.57 bits per heavy atom. The number of nitrogen functional groups attached to an aromatic ring is 1. The third-order valence-electron chi connectivity index (χ3n) is 2.86. The van der Waals surface area contributed by atoms with Crippen molar-refractivity contribution in [1.29, 1.82) is 0 Å². The Morgan fingerprint density at radius 1 is 1.24 bits per heavy atom. The van der Waals surface area contributed by atoms with Crippen LogP contribution in [-0.2, 0) is 0 Å². The van der Waals surface area contributed by atoms with E-state index in [4.69, 9.17) is 17.3 Å². The van der Waals surface area contributed by atoms with E-state index in [9.17, 15) is 4.39 Å². The lowest BCUT2D eigenvalue weighted by molar-refractivity contribution is 0.629. The predicted molar refractivity (Wildman–Crippen MR) is 82.5 cm³/mol. The summed E-state index contributed by atoms with van der Waals surface area (Å²) in [6.45, 7) is 5.47. The quantitative estimate of drug-likeness (QED) is 0.884. The molecule has 3 N–H and O–H groups in total. The van der Waals surface area contributed by atoms with Crippen molar-refractivity contribution >= 4 is 35.1 Å². The van der Waals surface area contributed by atoms with Gasteiger partial charge in [-0.25, -0.2) is 4.39 Å². The molecule has 1 heterocycles. The molecule has 0 aliphatic carbocycles. The van der Waals surface area contributed by atoms with Crippen LogP contribution in [-0.4, -0.2) is 28.0 Å². The molecule has 0 fully saturated rings. The number of nitrogens with zero attached hydrogens (tertiary/aromatic N) is 4. The average molecular weight is 311 g/mol. The zero-order valence-electron chi connectivity index (χ0n) is 11.8. The third kappa shape index (κ3) is 3.69. The van der Waals surface area contributed by atoms with Crippen LogP contribution in [0.2, 0.25) is 5.02 Å². The fourth-order valence-corrected chi connectivity index (χ4v) is 1.90. The Hall–Kier alpha value is -2.15. The molecule has 8 heteroatoms. The summed E-state index contributed by atoms with van der Waals surface area (Å²) in [6.07, 6.45) is 0. The molecule has 0 unspecified atom stereocenters. The van der Waals surface area contributed by atoms with Crippen LogP contribution in [0.15, 0.2) is 18.2 Å². The molecule has 0 saturated heterocycles. The van der Waals surface area contributed by atoms with Gasteiger partial charge in [0.05, 0.1) is 5.02 Å². The average Bonchev–Trinajstić information content (AvgIpc) is 2.44. The summed E-state index contributed by atoms with van der Waals surface area (Å²) in [6, 6.07) is 4.34. The number of nitrogens with two attached hydrogens (primary N) is 1. The normalized spacial score (nSPS) is 10.5. The van der Waals surface area contributed by atoms with Gasteiger partial charge in [0, 0.05) is 18.8 Å². The minimum Gasteiger partial charge on any atom is -0.368 e. The van der Waals surface area contributed by atoms with Gasteiger partial charge in [-0.2, -0.15) is 15.0 Å². The highest BCUT2D eigenvalue weighted by Crippen LogP contribution is 2.21. The van der Waals surface area contributed by atoms with Crippen LogP contribution in [0.1, 0.15) is 13.8 Å². The first-order valence-corrected chi connectivity index (χ1v) is 6.89. The minimum atomic E-state index is -0.521. The van der Waals surface area contributed by atoms with E-state index in [1.54, 1.807) is 6.07 Å². The van der Waals surface area contributed by atoms with E-state index < -0.39 is 5.82 Å². The van der Waals surface area contributed by atoms with Crippen molar-refractivity contribution in [3.63, 3.8) is 0 Å². The number of nitrogens with one attached hydrogen (secondary N) is 1.